The average Bonchev–Trinajstić information content (AvgIpc) is 2.45. The molecule has 8 heteroatoms. The molecule has 19 heavy (non-hydrogen) atoms. The van der Waals surface area contributed by atoms with Crippen molar-refractivity contribution < 1.29 is 32.3 Å². The van der Waals surface area contributed by atoms with Crippen LogP contribution in [-0.2, 0) is 32.3 Å². The molecule has 1 atom stereocenters. The molecule has 0 saturated heterocycles. The van der Waals surface area contributed by atoms with Gasteiger partial charge in [0.25, 0.3) is 0 Å². The minimum absolute atomic E-state index is 0.458. The van der Waals surface area contributed by atoms with Crippen LogP contribution >= 0.6 is 0 Å². The number of hydrogen-bond donors (Lipinski definition) is 0. The summed E-state index contributed by atoms with van der Waals surface area (Å²) >= 11 is 0. The van der Waals surface area contributed by atoms with Gasteiger partial charge in [0.1, 0.15) is 0 Å². The van der Waals surface area contributed by atoms with Crippen LogP contribution in [0.3, 0.4) is 0 Å². The maximum absolute atomic E-state index is 11.6. The lowest BCUT2D eigenvalue weighted by Gasteiger charge is -2.30. The molecule has 0 aliphatic heterocycles. The number of carbonyl (C=O) groups excluding carboxylic acids is 2. The van der Waals surface area contributed by atoms with Crippen LogP contribution in [-0.4, -0.2) is 54.9 Å². The van der Waals surface area contributed by atoms with E-state index in [9.17, 15) is 9.59 Å². The van der Waals surface area contributed by atoms with Crippen LogP contribution in [0.2, 0.25) is 0 Å². The van der Waals surface area contributed by atoms with E-state index in [1.54, 1.807) is 6.92 Å². The van der Waals surface area contributed by atoms with Crippen molar-refractivity contribution in [1.29, 1.82) is 0 Å². The molecule has 0 aliphatic rings. The van der Waals surface area contributed by atoms with Gasteiger partial charge in [0.2, 0.25) is 0 Å². The quantitative estimate of drug-likeness (QED) is 0.365. The van der Waals surface area contributed by atoms with Crippen molar-refractivity contribution in [3.8, 4) is 0 Å². The summed E-state index contributed by atoms with van der Waals surface area (Å²) in [5.41, 5.74) is -0.651. The fourth-order valence-corrected chi connectivity index (χ4v) is 3.48. The summed E-state index contributed by atoms with van der Waals surface area (Å²) in [6.45, 7) is 1.81. The maximum Gasteiger partial charge on any atom is 0.543 e. The summed E-state index contributed by atoms with van der Waals surface area (Å²) in [6, 6.07) is 0. The standard InChI is InChI=1S/C11H20O7Si/c1-6-11(19(15-3,16-4)17-5)18-10(13)8-7-9(12)14-2/h7-8,11H,6H2,1-5H3. The monoisotopic (exact) mass is 292 g/mol. The Bertz CT molecular complexity index is 317. The largest absolute Gasteiger partial charge is 0.543 e. The first-order valence-electron chi connectivity index (χ1n) is 5.61. The predicted octanol–water partition coefficient (Wildman–Crippen LogP) is 0.455. The first kappa shape index (κ1) is 17.8. The van der Waals surface area contributed by atoms with Crippen LogP contribution in [0.4, 0.5) is 0 Å². The topological polar surface area (TPSA) is 80.3 Å². The Kier molecular flexibility index (Phi) is 8.24. The first-order valence-corrected chi connectivity index (χ1v) is 7.41. The van der Waals surface area contributed by atoms with Gasteiger partial charge in [-0.1, -0.05) is 6.92 Å². The molecule has 0 aromatic carbocycles. The average molecular weight is 292 g/mol. The number of methoxy groups -OCH3 is 1. The smallest absolute Gasteiger partial charge is 0.466 e. The lowest BCUT2D eigenvalue weighted by Crippen LogP contribution is -2.55. The van der Waals surface area contributed by atoms with Crippen LogP contribution in [0.15, 0.2) is 12.2 Å². The Labute approximate surface area is 113 Å². The summed E-state index contributed by atoms with van der Waals surface area (Å²) in [4.78, 5) is 22.4. The van der Waals surface area contributed by atoms with Gasteiger partial charge in [0, 0.05) is 33.5 Å². The molecule has 0 spiro atoms. The van der Waals surface area contributed by atoms with E-state index in [4.69, 9.17) is 18.0 Å². The maximum atomic E-state index is 11.6. The highest BCUT2D eigenvalue weighted by molar-refractivity contribution is 6.62. The van der Waals surface area contributed by atoms with Crippen LogP contribution < -0.4 is 0 Å². The van der Waals surface area contributed by atoms with Crippen LogP contribution in [0.1, 0.15) is 13.3 Å². The van der Waals surface area contributed by atoms with Crippen LogP contribution in [0.5, 0.6) is 0 Å². The molecule has 110 valence electrons. The Morgan fingerprint density at radius 3 is 1.84 bits per heavy atom. The Balaban J connectivity index is 4.76. The molecule has 0 fully saturated rings. The summed E-state index contributed by atoms with van der Waals surface area (Å²) in [7, 11) is 2.44. The molecule has 1 unspecified atom stereocenters. The van der Waals surface area contributed by atoms with E-state index in [1.165, 1.54) is 28.4 Å². The van der Waals surface area contributed by atoms with Gasteiger partial charge in [0.15, 0.2) is 5.73 Å². The minimum atomic E-state index is -3.07. The molecule has 0 N–H and O–H groups in total. The van der Waals surface area contributed by atoms with E-state index in [1.807, 2.05) is 0 Å². The van der Waals surface area contributed by atoms with E-state index in [0.29, 0.717) is 6.42 Å². The van der Waals surface area contributed by atoms with Gasteiger partial charge in [-0.25, -0.2) is 9.59 Å². The van der Waals surface area contributed by atoms with E-state index < -0.39 is 26.5 Å². The van der Waals surface area contributed by atoms with E-state index in [-0.39, 0.29) is 0 Å². The zero-order chi connectivity index (χ0) is 14.9. The van der Waals surface area contributed by atoms with Gasteiger partial charge in [-0.15, -0.1) is 0 Å². The van der Waals surface area contributed by atoms with Crippen LogP contribution in [0, 0.1) is 0 Å². The number of esters is 2. The molecule has 0 rings (SSSR count). The third kappa shape index (κ3) is 5.11. The molecule has 0 heterocycles. The molecule has 0 aromatic rings. The highest BCUT2D eigenvalue weighted by atomic mass is 28.4. The first-order chi connectivity index (χ1) is 8.99. The molecule has 0 amide bonds. The molecular formula is C11H20O7Si. The zero-order valence-corrected chi connectivity index (χ0v) is 12.8. The predicted molar refractivity (Wildman–Crippen MR) is 68.1 cm³/mol. The summed E-state index contributed by atoms with van der Waals surface area (Å²) in [6.07, 6.45) is 2.42. The fourth-order valence-electron chi connectivity index (χ4n) is 1.43. The Morgan fingerprint density at radius 1 is 1.00 bits per heavy atom. The Morgan fingerprint density at radius 2 is 1.47 bits per heavy atom. The molecule has 0 bridgehead atoms. The van der Waals surface area contributed by atoms with Gasteiger partial charge in [-0.3, -0.25) is 0 Å². The minimum Gasteiger partial charge on any atom is -0.466 e. The molecule has 7 nitrogen and oxygen atoms in total. The summed E-state index contributed by atoms with van der Waals surface area (Å²) in [5.74, 6) is -1.33. The molecule has 0 aromatic heterocycles. The molecule has 0 saturated carbocycles. The molecule has 0 radical (unpaired) electrons. The van der Waals surface area contributed by atoms with Crippen molar-refractivity contribution in [2.75, 3.05) is 28.4 Å². The number of ether oxygens (including phenoxy) is 2. The van der Waals surface area contributed by atoms with Crippen molar-refractivity contribution in [3.63, 3.8) is 0 Å². The van der Waals surface area contributed by atoms with Gasteiger partial charge in [0.05, 0.1) is 7.11 Å². The van der Waals surface area contributed by atoms with E-state index >= 15 is 0 Å². The highest BCUT2D eigenvalue weighted by Gasteiger charge is 2.49. The number of carbonyl (C=O) groups is 2. The van der Waals surface area contributed by atoms with Crippen molar-refractivity contribution in [1.82, 2.24) is 0 Å². The summed E-state index contributed by atoms with van der Waals surface area (Å²) < 4.78 is 25.3. The number of rotatable bonds is 8. The normalized spacial score (nSPS) is 13.3. The highest BCUT2D eigenvalue weighted by Crippen LogP contribution is 2.18. The molecule has 0 aliphatic carbocycles. The van der Waals surface area contributed by atoms with Gasteiger partial charge in [-0.05, 0) is 6.42 Å². The fraction of sp³-hybridized carbons (Fsp3) is 0.636. The van der Waals surface area contributed by atoms with Gasteiger partial charge >= 0.3 is 20.7 Å². The second kappa shape index (κ2) is 8.81. The van der Waals surface area contributed by atoms with Gasteiger partial charge < -0.3 is 22.8 Å². The van der Waals surface area contributed by atoms with Crippen molar-refractivity contribution in [2.45, 2.75) is 19.1 Å². The summed E-state index contributed by atoms with van der Waals surface area (Å²) in [5, 5.41) is 0. The lowest BCUT2D eigenvalue weighted by atomic mass is 10.5. The van der Waals surface area contributed by atoms with Crippen molar-refractivity contribution in [2.24, 2.45) is 0 Å². The van der Waals surface area contributed by atoms with Crippen molar-refractivity contribution >= 4 is 20.7 Å². The van der Waals surface area contributed by atoms with E-state index in [0.717, 1.165) is 12.2 Å². The second-order valence-electron chi connectivity index (χ2n) is 3.41. The zero-order valence-electron chi connectivity index (χ0n) is 11.8. The van der Waals surface area contributed by atoms with Crippen molar-refractivity contribution in [3.05, 3.63) is 12.2 Å². The van der Waals surface area contributed by atoms with E-state index in [2.05, 4.69) is 4.74 Å². The third-order valence-corrected chi connectivity index (χ3v) is 5.46. The second-order valence-corrected chi connectivity index (χ2v) is 6.48. The lowest BCUT2D eigenvalue weighted by molar-refractivity contribution is -0.143. The number of hydrogen-bond acceptors (Lipinski definition) is 7. The SMILES string of the molecule is CCC(OC(=O)C=CC(=O)OC)[Si](OC)(OC)OC. The van der Waals surface area contributed by atoms with Crippen LogP contribution in [0.25, 0.3) is 0 Å². The molecular weight excluding hydrogens is 272 g/mol. The van der Waals surface area contributed by atoms with Gasteiger partial charge in [-0.2, -0.15) is 0 Å². The Hall–Kier alpha value is -1.22. The third-order valence-electron chi connectivity index (χ3n) is 2.43.